The van der Waals surface area contributed by atoms with Gasteiger partial charge in [0.1, 0.15) is 5.75 Å². The second-order valence-electron chi connectivity index (χ2n) is 4.25. The van der Waals surface area contributed by atoms with E-state index in [-0.39, 0.29) is 0 Å². The summed E-state index contributed by atoms with van der Waals surface area (Å²) in [6.45, 7) is 6.28. The first kappa shape index (κ1) is 14.3. The van der Waals surface area contributed by atoms with Gasteiger partial charge < -0.3 is 9.64 Å². The summed E-state index contributed by atoms with van der Waals surface area (Å²) in [5.74, 6) is 1.47. The van der Waals surface area contributed by atoms with Crippen molar-refractivity contribution in [3.8, 4) is 5.75 Å². The van der Waals surface area contributed by atoms with E-state index in [0.29, 0.717) is 17.5 Å². The van der Waals surface area contributed by atoms with Gasteiger partial charge in [-0.3, -0.25) is 0 Å². The molecule has 5 heteroatoms. The highest BCUT2D eigenvalue weighted by atomic mass is 35.5. The molecule has 0 fully saturated rings. The lowest BCUT2D eigenvalue weighted by Gasteiger charge is -2.24. The van der Waals surface area contributed by atoms with Gasteiger partial charge in [-0.05, 0) is 30.7 Å². The molecule has 0 amide bonds. The number of aryl methyl sites for hydroxylation is 1. The van der Waals surface area contributed by atoms with Gasteiger partial charge in [0.15, 0.2) is 11.0 Å². The van der Waals surface area contributed by atoms with E-state index < -0.39 is 0 Å². The zero-order valence-electron chi connectivity index (χ0n) is 11.5. The molecular formula is C15H16ClN3O. The number of nitrogens with zero attached hydrogens (tertiary/aromatic N) is 3. The van der Waals surface area contributed by atoms with E-state index in [2.05, 4.69) is 16.8 Å². The summed E-state index contributed by atoms with van der Waals surface area (Å²) < 4.78 is 5.40. The maximum atomic E-state index is 5.93. The van der Waals surface area contributed by atoms with Crippen LogP contribution in [0.15, 0.2) is 43.0 Å². The minimum absolute atomic E-state index is 0.410. The summed E-state index contributed by atoms with van der Waals surface area (Å²) >= 11 is 5.93. The molecule has 1 aromatic carbocycles. The fourth-order valence-electron chi connectivity index (χ4n) is 1.89. The molecule has 0 spiro atoms. The van der Waals surface area contributed by atoms with Crippen molar-refractivity contribution in [2.24, 2.45) is 0 Å². The molecule has 0 bridgehead atoms. The normalized spacial score (nSPS) is 10.2. The van der Waals surface area contributed by atoms with E-state index >= 15 is 0 Å². The van der Waals surface area contributed by atoms with E-state index in [1.54, 1.807) is 13.2 Å². The Morgan fingerprint density at radius 1 is 1.35 bits per heavy atom. The third-order valence-electron chi connectivity index (χ3n) is 2.88. The maximum absolute atomic E-state index is 5.93. The average molecular weight is 290 g/mol. The van der Waals surface area contributed by atoms with Gasteiger partial charge in [-0.2, -0.15) is 0 Å². The number of halogens is 1. The van der Waals surface area contributed by atoms with Crippen LogP contribution in [0.1, 0.15) is 5.56 Å². The van der Waals surface area contributed by atoms with Gasteiger partial charge >= 0.3 is 0 Å². The first-order chi connectivity index (χ1) is 9.67. The Balaban J connectivity index is 2.49. The van der Waals surface area contributed by atoms with Gasteiger partial charge in [-0.25, -0.2) is 0 Å². The SMILES string of the molecule is C=CCN(c1cc(C)c(Cl)nn1)c1ccccc1OC. The monoisotopic (exact) mass is 289 g/mol. The molecule has 2 rings (SSSR count). The van der Waals surface area contributed by atoms with Crippen molar-refractivity contribution in [1.29, 1.82) is 0 Å². The highest BCUT2D eigenvalue weighted by molar-refractivity contribution is 6.30. The average Bonchev–Trinajstić information content (AvgIpc) is 2.48. The number of rotatable bonds is 5. The maximum Gasteiger partial charge on any atom is 0.156 e. The number of benzene rings is 1. The first-order valence-electron chi connectivity index (χ1n) is 6.18. The molecule has 1 heterocycles. The minimum atomic E-state index is 0.410. The van der Waals surface area contributed by atoms with Crippen molar-refractivity contribution in [2.75, 3.05) is 18.6 Å². The number of methoxy groups -OCH3 is 1. The fraction of sp³-hybridized carbons (Fsp3) is 0.200. The Morgan fingerprint density at radius 2 is 2.10 bits per heavy atom. The second-order valence-corrected chi connectivity index (χ2v) is 4.61. The summed E-state index contributed by atoms with van der Waals surface area (Å²) in [4.78, 5) is 1.97. The van der Waals surface area contributed by atoms with Crippen LogP contribution in [0.5, 0.6) is 5.75 Å². The topological polar surface area (TPSA) is 38.2 Å². The summed E-state index contributed by atoms with van der Waals surface area (Å²) in [6.07, 6.45) is 1.80. The Labute approximate surface area is 123 Å². The zero-order valence-corrected chi connectivity index (χ0v) is 12.3. The molecule has 0 aliphatic carbocycles. The third-order valence-corrected chi connectivity index (χ3v) is 3.25. The molecule has 0 N–H and O–H groups in total. The molecule has 0 radical (unpaired) electrons. The van der Waals surface area contributed by atoms with E-state index in [9.17, 15) is 0 Å². The van der Waals surface area contributed by atoms with Crippen LogP contribution in [0.4, 0.5) is 11.5 Å². The highest BCUT2D eigenvalue weighted by Crippen LogP contribution is 2.32. The molecule has 0 aliphatic rings. The van der Waals surface area contributed by atoms with Crippen molar-refractivity contribution in [3.05, 3.63) is 53.7 Å². The summed E-state index contributed by atoms with van der Waals surface area (Å²) in [5.41, 5.74) is 1.78. The minimum Gasteiger partial charge on any atom is -0.495 e. The Kier molecular flexibility index (Phi) is 4.58. The molecule has 0 saturated heterocycles. The predicted molar refractivity (Wildman–Crippen MR) is 82.0 cm³/mol. The smallest absolute Gasteiger partial charge is 0.156 e. The molecule has 4 nitrogen and oxygen atoms in total. The first-order valence-corrected chi connectivity index (χ1v) is 6.56. The fourth-order valence-corrected chi connectivity index (χ4v) is 1.98. The van der Waals surface area contributed by atoms with Crippen LogP contribution in [-0.4, -0.2) is 23.9 Å². The van der Waals surface area contributed by atoms with Crippen molar-refractivity contribution >= 4 is 23.1 Å². The van der Waals surface area contributed by atoms with Crippen molar-refractivity contribution in [2.45, 2.75) is 6.92 Å². The van der Waals surface area contributed by atoms with E-state index in [0.717, 1.165) is 17.0 Å². The van der Waals surface area contributed by atoms with Crippen LogP contribution < -0.4 is 9.64 Å². The second kappa shape index (κ2) is 6.39. The van der Waals surface area contributed by atoms with Gasteiger partial charge in [-0.15, -0.1) is 16.8 Å². The van der Waals surface area contributed by atoms with E-state index in [1.165, 1.54) is 0 Å². The van der Waals surface area contributed by atoms with Crippen LogP contribution in [0, 0.1) is 6.92 Å². The van der Waals surface area contributed by atoms with Crippen molar-refractivity contribution in [3.63, 3.8) is 0 Å². The quantitative estimate of drug-likeness (QED) is 0.785. The van der Waals surface area contributed by atoms with Gasteiger partial charge in [0.05, 0.1) is 12.8 Å². The van der Waals surface area contributed by atoms with Gasteiger partial charge in [0.2, 0.25) is 0 Å². The molecule has 1 aromatic heterocycles. The molecule has 2 aromatic rings. The van der Waals surface area contributed by atoms with Crippen molar-refractivity contribution in [1.82, 2.24) is 10.2 Å². The predicted octanol–water partition coefficient (Wildman–Crippen LogP) is 3.77. The van der Waals surface area contributed by atoms with Gasteiger partial charge in [0, 0.05) is 6.54 Å². The van der Waals surface area contributed by atoms with Crippen LogP contribution in [0.2, 0.25) is 5.15 Å². The molecule has 104 valence electrons. The van der Waals surface area contributed by atoms with Crippen LogP contribution >= 0.6 is 11.6 Å². The van der Waals surface area contributed by atoms with Gasteiger partial charge in [0.25, 0.3) is 0 Å². The number of para-hydroxylation sites is 2. The van der Waals surface area contributed by atoms with Gasteiger partial charge in [-0.1, -0.05) is 29.8 Å². The summed E-state index contributed by atoms with van der Waals surface area (Å²) in [5, 5.41) is 8.52. The number of ether oxygens (including phenoxy) is 1. The third kappa shape index (κ3) is 2.91. The lowest BCUT2D eigenvalue weighted by atomic mass is 10.2. The molecule has 0 atom stereocenters. The summed E-state index contributed by atoms with van der Waals surface area (Å²) in [7, 11) is 1.64. The standard InChI is InChI=1S/C15H16ClN3O/c1-4-9-19(12-7-5-6-8-13(12)20-3)14-10-11(2)15(16)18-17-14/h4-8,10H,1,9H2,2-3H3. The molecule has 0 aliphatic heterocycles. The van der Waals surface area contributed by atoms with Crippen molar-refractivity contribution < 1.29 is 4.74 Å². The lowest BCUT2D eigenvalue weighted by molar-refractivity contribution is 0.415. The highest BCUT2D eigenvalue weighted by Gasteiger charge is 2.15. The number of hydrogen-bond donors (Lipinski definition) is 0. The van der Waals surface area contributed by atoms with E-state index in [1.807, 2.05) is 42.2 Å². The molecular weight excluding hydrogens is 274 g/mol. The summed E-state index contributed by atoms with van der Waals surface area (Å²) in [6, 6.07) is 9.64. The Bertz CT molecular complexity index is 616. The number of aromatic nitrogens is 2. The molecule has 0 saturated carbocycles. The Morgan fingerprint density at radius 3 is 2.75 bits per heavy atom. The largest absolute Gasteiger partial charge is 0.495 e. The van der Waals surface area contributed by atoms with Crippen LogP contribution in [0.3, 0.4) is 0 Å². The molecule has 0 unspecified atom stereocenters. The Hall–Kier alpha value is -2.07. The zero-order chi connectivity index (χ0) is 14.5. The lowest BCUT2D eigenvalue weighted by Crippen LogP contribution is -2.19. The number of anilines is 2. The van der Waals surface area contributed by atoms with Crippen LogP contribution in [-0.2, 0) is 0 Å². The number of hydrogen-bond acceptors (Lipinski definition) is 4. The van der Waals surface area contributed by atoms with Crippen LogP contribution in [0.25, 0.3) is 0 Å². The van der Waals surface area contributed by atoms with E-state index in [4.69, 9.17) is 16.3 Å². The molecule has 20 heavy (non-hydrogen) atoms.